The van der Waals surface area contributed by atoms with Crippen LogP contribution in [-0.2, 0) is 42.9 Å². The van der Waals surface area contributed by atoms with E-state index < -0.39 is 58.9 Å². The number of carboxylic acids is 1. The quantitative estimate of drug-likeness (QED) is 0.152. The molecule has 52 heavy (non-hydrogen) atoms. The van der Waals surface area contributed by atoms with Gasteiger partial charge in [-0.25, -0.2) is 4.79 Å². The lowest BCUT2D eigenvalue weighted by Gasteiger charge is -2.48. The summed E-state index contributed by atoms with van der Waals surface area (Å²) in [5.41, 5.74) is -1.98. The van der Waals surface area contributed by atoms with E-state index in [4.69, 9.17) is 23.7 Å². The molecule has 0 aromatic carbocycles. The van der Waals surface area contributed by atoms with Crippen LogP contribution in [0.5, 0.6) is 0 Å². The number of hydrogen-bond donors (Lipinski definition) is 2. The highest BCUT2D eigenvalue weighted by atomic mass is 16.7. The Bertz CT molecular complexity index is 1390. The summed E-state index contributed by atoms with van der Waals surface area (Å²) in [7, 11) is 0. The van der Waals surface area contributed by atoms with Crippen LogP contribution in [0, 0.1) is 51.8 Å². The Labute approximate surface area is 307 Å². The minimum atomic E-state index is -0.793. The number of aliphatic hydroxyl groups excluding tert-OH is 1. The van der Waals surface area contributed by atoms with E-state index in [1.54, 1.807) is 6.92 Å². The van der Waals surface area contributed by atoms with Gasteiger partial charge in [0.1, 0.15) is 31.5 Å². The van der Waals surface area contributed by atoms with Gasteiger partial charge in [0.15, 0.2) is 6.29 Å². The standard InChI is InChI=1S/C41H60O11/c1-23(2)34(43)50-31-12-28-9-25(4)14-41(17-28,20-31)38(47)49-22-33-32(21-48-37(46)40-13-24(3)8-27(16-40)11-30(42)19-40)51-35(52-33)29-10-26-6-5-7-39(15-26,18-29)36(44)45/h24-33,35,42H,1,5-22H2,2-4H3,(H,44,45). The molecule has 0 aromatic heterocycles. The molecule has 0 spiro atoms. The smallest absolute Gasteiger partial charge is 0.333 e. The van der Waals surface area contributed by atoms with Crippen molar-refractivity contribution in [3.8, 4) is 0 Å². The van der Waals surface area contributed by atoms with Gasteiger partial charge in [-0.15, -0.1) is 0 Å². The van der Waals surface area contributed by atoms with Gasteiger partial charge in [0.05, 0.1) is 22.3 Å². The second-order valence-corrected chi connectivity index (χ2v) is 18.8. The maximum atomic E-state index is 14.1. The number of fused-ring (bicyclic) bond motifs is 6. The third-order valence-corrected chi connectivity index (χ3v) is 14.1. The van der Waals surface area contributed by atoms with Gasteiger partial charge in [0.2, 0.25) is 0 Å². The van der Waals surface area contributed by atoms with Crippen LogP contribution in [0.15, 0.2) is 12.2 Å². The van der Waals surface area contributed by atoms with Crippen LogP contribution in [0.25, 0.3) is 0 Å². The number of carboxylic acid groups (broad SMARTS) is 1. The van der Waals surface area contributed by atoms with Gasteiger partial charge in [-0.3, -0.25) is 14.4 Å². The molecule has 0 amide bonds. The Morgan fingerprint density at radius 1 is 0.731 bits per heavy atom. The zero-order valence-electron chi connectivity index (χ0n) is 31.4. The van der Waals surface area contributed by atoms with Gasteiger partial charge in [0.25, 0.3) is 0 Å². The average molecular weight is 729 g/mol. The van der Waals surface area contributed by atoms with Crippen molar-refractivity contribution in [3.63, 3.8) is 0 Å². The molecule has 7 aliphatic rings. The van der Waals surface area contributed by atoms with Crippen molar-refractivity contribution in [2.75, 3.05) is 13.2 Å². The van der Waals surface area contributed by atoms with Crippen molar-refractivity contribution >= 4 is 23.9 Å². The monoisotopic (exact) mass is 728 g/mol. The van der Waals surface area contributed by atoms with Gasteiger partial charge in [0, 0.05) is 17.9 Å². The normalized spacial score (nSPS) is 45.3. The highest BCUT2D eigenvalue weighted by Crippen LogP contribution is 2.55. The van der Waals surface area contributed by atoms with Crippen molar-refractivity contribution in [2.24, 2.45) is 51.8 Å². The molecule has 7 fully saturated rings. The predicted molar refractivity (Wildman–Crippen MR) is 187 cm³/mol. The molecular formula is C41H60O11. The Balaban J connectivity index is 1.06. The van der Waals surface area contributed by atoms with E-state index >= 15 is 0 Å². The fourth-order valence-electron chi connectivity index (χ4n) is 12.5. The van der Waals surface area contributed by atoms with Crippen LogP contribution in [0.1, 0.15) is 124 Å². The number of ether oxygens (including phenoxy) is 5. The van der Waals surface area contributed by atoms with E-state index in [-0.39, 0.29) is 42.9 Å². The third-order valence-electron chi connectivity index (χ3n) is 14.1. The molecule has 0 aromatic rings. The van der Waals surface area contributed by atoms with Crippen LogP contribution in [0.3, 0.4) is 0 Å². The molecule has 14 atom stereocenters. The summed E-state index contributed by atoms with van der Waals surface area (Å²) in [6, 6.07) is 0. The first-order chi connectivity index (χ1) is 24.7. The lowest BCUT2D eigenvalue weighted by molar-refractivity contribution is -0.179. The number of carbonyl (C=O) groups is 4. The number of aliphatic hydroxyl groups is 1. The predicted octanol–water partition coefficient (Wildman–Crippen LogP) is 6.14. The first kappa shape index (κ1) is 37.8. The molecule has 0 radical (unpaired) electrons. The largest absolute Gasteiger partial charge is 0.481 e. The Hall–Kier alpha value is -2.50. The summed E-state index contributed by atoms with van der Waals surface area (Å²) in [6.45, 7) is 9.46. The average Bonchev–Trinajstić information content (AvgIpc) is 3.47. The molecule has 6 saturated carbocycles. The Kier molecular flexibility index (Phi) is 10.6. The fourth-order valence-corrected chi connectivity index (χ4v) is 12.5. The summed E-state index contributed by atoms with van der Waals surface area (Å²) in [6.07, 6.45) is 8.27. The molecule has 2 N–H and O–H groups in total. The Morgan fingerprint density at radius 2 is 1.31 bits per heavy atom. The molecule has 6 aliphatic carbocycles. The molecule has 290 valence electrons. The molecular weight excluding hydrogens is 668 g/mol. The van der Waals surface area contributed by atoms with E-state index in [1.165, 1.54) is 0 Å². The molecule has 11 heteroatoms. The summed E-state index contributed by atoms with van der Waals surface area (Å²) in [5.74, 6) is -0.524. The summed E-state index contributed by atoms with van der Waals surface area (Å²) >= 11 is 0. The lowest BCUT2D eigenvalue weighted by atomic mass is 9.58. The van der Waals surface area contributed by atoms with Gasteiger partial charge >= 0.3 is 23.9 Å². The summed E-state index contributed by atoms with van der Waals surface area (Å²) < 4.78 is 31.1. The van der Waals surface area contributed by atoms with Gasteiger partial charge in [-0.05, 0) is 120 Å². The zero-order chi connectivity index (χ0) is 37.0. The van der Waals surface area contributed by atoms with Crippen LogP contribution >= 0.6 is 0 Å². The minimum absolute atomic E-state index is 0.0855. The number of esters is 3. The number of carbonyl (C=O) groups excluding carboxylic acids is 3. The zero-order valence-corrected chi connectivity index (χ0v) is 31.4. The van der Waals surface area contributed by atoms with Crippen molar-refractivity contribution in [2.45, 2.75) is 154 Å². The number of rotatable bonds is 10. The van der Waals surface area contributed by atoms with E-state index in [2.05, 4.69) is 20.4 Å². The maximum absolute atomic E-state index is 14.1. The van der Waals surface area contributed by atoms with Gasteiger partial charge < -0.3 is 33.9 Å². The maximum Gasteiger partial charge on any atom is 0.333 e. The van der Waals surface area contributed by atoms with Crippen molar-refractivity contribution < 1.29 is 53.1 Å². The Morgan fingerprint density at radius 3 is 1.90 bits per heavy atom. The van der Waals surface area contributed by atoms with E-state index in [1.807, 2.05) is 0 Å². The molecule has 7 rings (SSSR count). The van der Waals surface area contributed by atoms with Gasteiger partial charge in [-0.1, -0.05) is 33.3 Å². The van der Waals surface area contributed by atoms with Crippen molar-refractivity contribution in [1.82, 2.24) is 0 Å². The van der Waals surface area contributed by atoms with Gasteiger partial charge in [-0.2, -0.15) is 0 Å². The molecule has 11 nitrogen and oxygen atoms in total. The van der Waals surface area contributed by atoms with Crippen LogP contribution in [0.2, 0.25) is 0 Å². The third kappa shape index (κ3) is 7.57. The summed E-state index contributed by atoms with van der Waals surface area (Å²) in [5, 5.41) is 21.0. The van der Waals surface area contributed by atoms with Crippen LogP contribution in [-0.4, -0.2) is 78.0 Å². The molecule has 6 bridgehead atoms. The molecule has 14 unspecified atom stereocenters. The topological polar surface area (TPSA) is 155 Å². The van der Waals surface area contributed by atoms with Crippen LogP contribution < -0.4 is 0 Å². The molecule has 1 saturated heterocycles. The first-order valence-electron chi connectivity index (χ1n) is 20.1. The number of aliphatic carboxylic acids is 1. The molecule has 1 heterocycles. The van der Waals surface area contributed by atoms with E-state index in [9.17, 15) is 29.4 Å². The van der Waals surface area contributed by atoms with Crippen LogP contribution in [0.4, 0.5) is 0 Å². The first-order valence-corrected chi connectivity index (χ1v) is 20.1. The fraction of sp³-hybridized carbons (Fsp3) is 0.854. The minimum Gasteiger partial charge on any atom is -0.481 e. The second kappa shape index (κ2) is 14.6. The number of hydrogen-bond acceptors (Lipinski definition) is 10. The lowest BCUT2D eigenvalue weighted by Crippen LogP contribution is -2.49. The highest BCUT2D eigenvalue weighted by molar-refractivity contribution is 5.87. The van der Waals surface area contributed by atoms with Crippen molar-refractivity contribution in [3.05, 3.63) is 12.2 Å². The van der Waals surface area contributed by atoms with E-state index in [0.717, 1.165) is 32.1 Å². The van der Waals surface area contributed by atoms with Crippen molar-refractivity contribution in [1.29, 1.82) is 0 Å². The highest BCUT2D eigenvalue weighted by Gasteiger charge is 2.56. The molecule has 1 aliphatic heterocycles. The SMILES string of the molecule is C=C(C)C(=O)OC1CC2CC(C)CC(C(=O)OCC3OC(C4CC5CCCC(C(=O)O)(C5)C4)OC3COC(=O)C34CC(C)CC(CC(O)C3)C4)(C2)C1. The van der Waals surface area contributed by atoms with E-state index in [0.29, 0.717) is 94.0 Å². The second-order valence-electron chi connectivity index (χ2n) is 18.8. The summed E-state index contributed by atoms with van der Waals surface area (Å²) in [4.78, 5) is 53.0.